The third-order valence-corrected chi connectivity index (χ3v) is 3.99. The van der Waals surface area contributed by atoms with Crippen LogP contribution in [0.3, 0.4) is 0 Å². The van der Waals surface area contributed by atoms with Crippen molar-refractivity contribution in [2.75, 3.05) is 31.2 Å². The van der Waals surface area contributed by atoms with Gasteiger partial charge in [-0.25, -0.2) is 0 Å². The van der Waals surface area contributed by atoms with Gasteiger partial charge in [-0.3, -0.25) is 4.98 Å². The Bertz CT molecular complexity index is 423. The Morgan fingerprint density at radius 1 is 1.40 bits per heavy atom. The van der Waals surface area contributed by atoms with Crippen LogP contribution in [0.5, 0.6) is 0 Å². The molecule has 0 radical (unpaired) electrons. The van der Waals surface area contributed by atoms with Gasteiger partial charge in [-0.05, 0) is 31.9 Å². The maximum Gasteiger partial charge on any atom is 0.0658 e. The van der Waals surface area contributed by atoms with E-state index in [0.29, 0.717) is 19.1 Å². The van der Waals surface area contributed by atoms with Crippen molar-refractivity contribution in [1.82, 2.24) is 4.98 Å². The van der Waals surface area contributed by atoms with E-state index in [9.17, 15) is 5.11 Å². The van der Waals surface area contributed by atoms with Crippen molar-refractivity contribution in [3.8, 4) is 0 Å². The summed E-state index contributed by atoms with van der Waals surface area (Å²) < 4.78 is 5.63. The number of hydrogen-bond donors (Lipinski definition) is 1. The van der Waals surface area contributed by atoms with Crippen molar-refractivity contribution in [1.29, 1.82) is 0 Å². The molecular formula is C16H26N2O2. The average Bonchev–Trinajstić information content (AvgIpc) is 2.64. The first-order chi connectivity index (χ1) is 9.38. The molecule has 0 aromatic carbocycles. The van der Waals surface area contributed by atoms with E-state index in [1.165, 1.54) is 0 Å². The summed E-state index contributed by atoms with van der Waals surface area (Å²) in [5.74, 6) is 0.551. The Kier molecular flexibility index (Phi) is 4.66. The van der Waals surface area contributed by atoms with Crippen LogP contribution in [-0.2, 0) is 4.74 Å². The molecule has 1 fully saturated rings. The third kappa shape index (κ3) is 3.70. The maximum atomic E-state index is 10.2. The Morgan fingerprint density at radius 3 is 2.70 bits per heavy atom. The lowest BCUT2D eigenvalue weighted by Gasteiger charge is -2.32. The van der Waals surface area contributed by atoms with E-state index in [1.807, 2.05) is 20.0 Å². The Labute approximate surface area is 121 Å². The van der Waals surface area contributed by atoms with Crippen molar-refractivity contribution in [3.05, 3.63) is 24.0 Å². The SMILES string of the molecule is CC(C)c1ccc(N2CCOCC(C(C)(C)O)C2)cn1. The Morgan fingerprint density at radius 2 is 2.15 bits per heavy atom. The fraction of sp³-hybridized carbons (Fsp3) is 0.688. The third-order valence-electron chi connectivity index (χ3n) is 3.99. The molecule has 4 heteroatoms. The van der Waals surface area contributed by atoms with Crippen LogP contribution in [0.15, 0.2) is 18.3 Å². The number of anilines is 1. The summed E-state index contributed by atoms with van der Waals surface area (Å²) in [5.41, 5.74) is 1.49. The molecule has 20 heavy (non-hydrogen) atoms. The molecule has 2 heterocycles. The Hall–Kier alpha value is -1.13. The summed E-state index contributed by atoms with van der Waals surface area (Å²) in [6, 6.07) is 4.21. The molecule has 0 amide bonds. The second-order valence-electron chi connectivity index (χ2n) is 6.47. The molecule has 112 valence electrons. The molecule has 1 aliphatic heterocycles. The zero-order valence-corrected chi connectivity index (χ0v) is 13.0. The molecule has 0 spiro atoms. The topological polar surface area (TPSA) is 45.6 Å². The van der Waals surface area contributed by atoms with Crippen LogP contribution in [0.4, 0.5) is 5.69 Å². The zero-order valence-electron chi connectivity index (χ0n) is 13.0. The van der Waals surface area contributed by atoms with Crippen LogP contribution in [-0.4, -0.2) is 42.0 Å². The molecule has 1 unspecified atom stereocenters. The standard InChI is InChI=1S/C16H26N2O2/c1-12(2)15-6-5-14(9-17-15)18-7-8-20-11-13(10-18)16(3,4)19/h5-6,9,12-13,19H,7-8,10-11H2,1-4H3. The van der Waals surface area contributed by atoms with Gasteiger partial charge in [0.2, 0.25) is 0 Å². The summed E-state index contributed by atoms with van der Waals surface area (Å²) in [6.07, 6.45) is 1.93. The first-order valence-corrected chi connectivity index (χ1v) is 7.39. The minimum Gasteiger partial charge on any atom is -0.390 e. The molecular weight excluding hydrogens is 252 g/mol. The van der Waals surface area contributed by atoms with E-state index in [-0.39, 0.29) is 5.92 Å². The molecule has 1 atom stereocenters. The van der Waals surface area contributed by atoms with Gasteiger partial charge in [-0.15, -0.1) is 0 Å². The summed E-state index contributed by atoms with van der Waals surface area (Å²) >= 11 is 0. The Balaban J connectivity index is 2.13. The van der Waals surface area contributed by atoms with Gasteiger partial charge >= 0.3 is 0 Å². The molecule has 4 nitrogen and oxygen atoms in total. The number of rotatable bonds is 3. The molecule has 1 aromatic rings. The number of nitrogens with zero attached hydrogens (tertiary/aromatic N) is 2. The fourth-order valence-electron chi connectivity index (χ4n) is 2.40. The normalized spacial score (nSPS) is 21.1. The van der Waals surface area contributed by atoms with Crippen molar-refractivity contribution in [2.24, 2.45) is 5.92 Å². The smallest absolute Gasteiger partial charge is 0.0658 e. The fourth-order valence-corrected chi connectivity index (χ4v) is 2.40. The van der Waals surface area contributed by atoms with Crippen molar-refractivity contribution >= 4 is 5.69 Å². The monoisotopic (exact) mass is 278 g/mol. The maximum absolute atomic E-state index is 10.2. The average molecular weight is 278 g/mol. The number of aromatic nitrogens is 1. The van der Waals surface area contributed by atoms with Gasteiger partial charge in [0, 0.05) is 24.7 Å². The number of hydrogen-bond acceptors (Lipinski definition) is 4. The number of aliphatic hydroxyl groups is 1. The van der Waals surface area contributed by atoms with Gasteiger partial charge in [0.1, 0.15) is 0 Å². The predicted octanol–water partition coefficient (Wildman–Crippen LogP) is 2.43. The van der Waals surface area contributed by atoms with Gasteiger partial charge < -0.3 is 14.7 Å². The molecule has 1 saturated heterocycles. The van der Waals surface area contributed by atoms with E-state index in [0.717, 1.165) is 24.5 Å². The van der Waals surface area contributed by atoms with E-state index in [2.05, 4.69) is 35.9 Å². The summed E-state index contributed by atoms with van der Waals surface area (Å²) in [6.45, 7) is 10.9. The second-order valence-corrected chi connectivity index (χ2v) is 6.47. The zero-order chi connectivity index (χ0) is 14.8. The van der Waals surface area contributed by atoms with Crippen LogP contribution >= 0.6 is 0 Å². The van der Waals surface area contributed by atoms with Crippen LogP contribution in [0, 0.1) is 5.92 Å². The van der Waals surface area contributed by atoms with Crippen LogP contribution in [0.25, 0.3) is 0 Å². The lowest BCUT2D eigenvalue weighted by Crippen LogP contribution is -2.41. The highest BCUT2D eigenvalue weighted by Gasteiger charge is 2.30. The quantitative estimate of drug-likeness (QED) is 0.922. The molecule has 2 rings (SSSR count). The van der Waals surface area contributed by atoms with Crippen LogP contribution in [0.2, 0.25) is 0 Å². The summed E-state index contributed by atoms with van der Waals surface area (Å²) in [5, 5.41) is 10.2. The molecule has 0 aliphatic carbocycles. The van der Waals surface area contributed by atoms with Crippen molar-refractivity contribution in [2.45, 2.75) is 39.2 Å². The summed E-state index contributed by atoms with van der Waals surface area (Å²) in [4.78, 5) is 6.78. The highest BCUT2D eigenvalue weighted by Crippen LogP contribution is 2.24. The van der Waals surface area contributed by atoms with E-state index < -0.39 is 5.60 Å². The number of ether oxygens (including phenoxy) is 1. The predicted molar refractivity (Wildman–Crippen MR) is 81.1 cm³/mol. The molecule has 1 aromatic heterocycles. The summed E-state index contributed by atoms with van der Waals surface area (Å²) in [7, 11) is 0. The number of pyridine rings is 1. The first kappa shape index (κ1) is 15.3. The van der Waals surface area contributed by atoms with Gasteiger partial charge in [-0.2, -0.15) is 0 Å². The van der Waals surface area contributed by atoms with Gasteiger partial charge in [-0.1, -0.05) is 13.8 Å². The molecule has 1 aliphatic rings. The van der Waals surface area contributed by atoms with Gasteiger partial charge in [0.15, 0.2) is 0 Å². The van der Waals surface area contributed by atoms with Crippen LogP contribution in [0.1, 0.15) is 39.3 Å². The molecule has 1 N–H and O–H groups in total. The minimum atomic E-state index is -0.728. The van der Waals surface area contributed by atoms with Gasteiger partial charge in [0.25, 0.3) is 0 Å². The second kappa shape index (κ2) is 6.10. The van der Waals surface area contributed by atoms with E-state index in [4.69, 9.17) is 4.74 Å². The molecule has 0 saturated carbocycles. The largest absolute Gasteiger partial charge is 0.390 e. The first-order valence-electron chi connectivity index (χ1n) is 7.39. The van der Waals surface area contributed by atoms with Crippen molar-refractivity contribution in [3.63, 3.8) is 0 Å². The van der Waals surface area contributed by atoms with E-state index >= 15 is 0 Å². The van der Waals surface area contributed by atoms with Crippen molar-refractivity contribution < 1.29 is 9.84 Å². The highest BCUT2D eigenvalue weighted by atomic mass is 16.5. The molecule has 0 bridgehead atoms. The lowest BCUT2D eigenvalue weighted by atomic mass is 9.91. The van der Waals surface area contributed by atoms with Gasteiger partial charge in [0.05, 0.1) is 30.7 Å². The van der Waals surface area contributed by atoms with Crippen LogP contribution < -0.4 is 4.90 Å². The highest BCUT2D eigenvalue weighted by molar-refractivity contribution is 5.45. The lowest BCUT2D eigenvalue weighted by molar-refractivity contribution is -0.0158. The van der Waals surface area contributed by atoms with E-state index in [1.54, 1.807) is 0 Å². The minimum absolute atomic E-state index is 0.106.